The average molecular weight is 311 g/mol. The summed E-state index contributed by atoms with van der Waals surface area (Å²) in [7, 11) is 1.52. The van der Waals surface area contributed by atoms with Crippen LogP contribution in [0, 0.1) is 11.3 Å². The van der Waals surface area contributed by atoms with Gasteiger partial charge < -0.3 is 20.5 Å². The van der Waals surface area contributed by atoms with Crippen molar-refractivity contribution in [1.82, 2.24) is 5.32 Å². The molecule has 0 aliphatic rings. The Kier molecular flexibility index (Phi) is 5.56. The molecule has 2 aromatic carbocycles. The highest BCUT2D eigenvalue weighted by molar-refractivity contribution is 5.89. The molecule has 0 radical (unpaired) electrons. The third-order valence-corrected chi connectivity index (χ3v) is 3.23. The van der Waals surface area contributed by atoms with Crippen molar-refractivity contribution >= 4 is 11.7 Å². The third-order valence-electron chi connectivity index (χ3n) is 3.23. The van der Waals surface area contributed by atoms with Crippen LogP contribution < -0.4 is 15.4 Å². The molecule has 0 aliphatic heterocycles. The van der Waals surface area contributed by atoms with Gasteiger partial charge in [0, 0.05) is 17.8 Å². The lowest BCUT2D eigenvalue weighted by Crippen LogP contribution is -2.32. The van der Waals surface area contributed by atoms with Crippen molar-refractivity contribution in [2.75, 3.05) is 19.0 Å². The Balaban J connectivity index is 1.89. The number of amides is 2. The van der Waals surface area contributed by atoms with Gasteiger partial charge in [-0.05, 0) is 30.3 Å². The van der Waals surface area contributed by atoms with Crippen molar-refractivity contribution in [3.05, 3.63) is 59.7 Å². The van der Waals surface area contributed by atoms with E-state index in [4.69, 9.17) is 10.00 Å². The fourth-order valence-electron chi connectivity index (χ4n) is 2.04. The molecule has 1 atom stereocenters. The molecule has 0 aliphatic carbocycles. The highest BCUT2D eigenvalue weighted by atomic mass is 16.5. The number of ether oxygens (including phenoxy) is 1. The summed E-state index contributed by atoms with van der Waals surface area (Å²) in [6, 6.07) is 15.1. The minimum absolute atomic E-state index is 0.0441. The first-order chi connectivity index (χ1) is 11.1. The fourth-order valence-corrected chi connectivity index (χ4v) is 2.04. The van der Waals surface area contributed by atoms with Gasteiger partial charge in [-0.25, -0.2) is 4.79 Å². The molecule has 0 bridgehead atoms. The number of hydrogen-bond donors (Lipinski definition) is 3. The number of rotatable bonds is 5. The van der Waals surface area contributed by atoms with E-state index in [1.54, 1.807) is 48.5 Å². The molecule has 0 fully saturated rings. The van der Waals surface area contributed by atoms with Crippen LogP contribution in [-0.2, 0) is 0 Å². The maximum absolute atomic E-state index is 11.8. The number of aliphatic hydroxyl groups excluding tert-OH is 1. The van der Waals surface area contributed by atoms with Crippen LogP contribution in [0.2, 0.25) is 0 Å². The molecule has 6 heteroatoms. The maximum atomic E-state index is 11.8. The molecular formula is C17H17N3O3. The van der Waals surface area contributed by atoms with Crippen molar-refractivity contribution < 1.29 is 14.6 Å². The van der Waals surface area contributed by atoms with Crippen molar-refractivity contribution in [2.45, 2.75) is 6.10 Å². The van der Waals surface area contributed by atoms with Crippen LogP contribution in [0.3, 0.4) is 0 Å². The van der Waals surface area contributed by atoms with E-state index in [0.29, 0.717) is 22.6 Å². The Morgan fingerprint density at radius 2 is 1.96 bits per heavy atom. The summed E-state index contributed by atoms with van der Waals surface area (Å²) in [5.41, 5.74) is 1.68. The van der Waals surface area contributed by atoms with E-state index in [1.807, 2.05) is 6.07 Å². The molecule has 0 aromatic heterocycles. The summed E-state index contributed by atoms with van der Waals surface area (Å²) in [6.07, 6.45) is -0.877. The second kappa shape index (κ2) is 7.82. The molecule has 0 spiro atoms. The first-order valence-corrected chi connectivity index (χ1v) is 7.00. The van der Waals surface area contributed by atoms with E-state index in [2.05, 4.69) is 10.6 Å². The second-order valence-electron chi connectivity index (χ2n) is 4.78. The van der Waals surface area contributed by atoms with E-state index in [9.17, 15) is 9.90 Å². The van der Waals surface area contributed by atoms with E-state index in [-0.39, 0.29) is 6.54 Å². The molecule has 0 saturated carbocycles. The molecule has 1 unspecified atom stereocenters. The minimum Gasteiger partial charge on any atom is -0.496 e. The molecule has 2 aromatic rings. The molecule has 3 N–H and O–H groups in total. The summed E-state index contributed by atoms with van der Waals surface area (Å²) in [5.74, 6) is 0.564. The largest absolute Gasteiger partial charge is 0.496 e. The predicted octanol–water partition coefficient (Wildman–Crippen LogP) is 2.42. The summed E-state index contributed by atoms with van der Waals surface area (Å²) < 4.78 is 5.18. The molecule has 0 saturated heterocycles. The zero-order chi connectivity index (χ0) is 16.7. The summed E-state index contributed by atoms with van der Waals surface area (Å²) in [5, 5.41) is 24.1. The Morgan fingerprint density at radius 1 is 1.26 bits per heavy atom. The zero-order valence-electron chi connectivity index (χ0n) is 12.6. The highest BCUT2D eigenvalue weighted by Crippen LogP contribution is 2.24. The number of anilines is 1. The number of nitrogens with zero attached hydrogens (tertiary/aromatic N) is 1. The quantitative estimate of drug-likeness (QED) is 0.790. The zero-order valence-corrected chi connectivity index (χ0v) is 12.6. The van der Waals surface area contributed by atoms with Crippen LogP contribution in [0.15, 0.2) is 48.5 Å². The predicted molar refractivity (Wildman–Crippen MR) is 86.1 cm³/mol. The van der Waals surface area contributed by atoms with Crippen LogP contribution in [0.1, 0.15) is 17.2 Å². The minimum atomic E-state index is -0.877. The average Bonchev–Trinajstić information content (AvgIpc) is 2.60. The molecule has 2 rings (SSSR count). The van der Waals surface area contributed by atoms with Crippen LogP contribution in [0.4, 0.5) is 10.5 Å². The Hall–Kier alpha value is -3.04. The molecule has 2 amide bonds. The van der Waals surface area contributed by atoms with Gasteiger partial charge in [-0.15, -0.1) is 0 Å². The number of urea groups is 1. The normalized spacial score (nSPS) is 11.2. The van der Waals surface area contributed by atoms with E-state index < -0.39 is 12.1 Å². The van der Waals surface area contributed by atoms with Crippen LogP contribution >= 0.6 is 0 Å². The van der Waals surface area contributed by atoms with Gasteiger partial charge in [0.1, 0.15) is 5.75 Å². The third kappa shape index (κ3) is 4.46. The lowest BCUT2D eigenvalue weighted by molar-refractivity contribution is 0.171. The van der Waals surface area contributed by atoms with E-state index in [1.165, 1.54) is 7.11 Å². The van der Waals surface area contributed by atoms with Crippen LogP contribution in [0.5, 0.6) is 5.75 Å². The molecule has 0 heterocycles. The van der Waals surface area contributed by atoms with E-state index >= 15 is 0 Å². The summed E-state index contributed by atoms with van der Waals surface area (Å²) >= 11 is 0. The van der Waals surface area contributed by atoms with Gasteiger partial charge >= 0.3 is 6.03 Å². The number of aliphatic hydroxyl groups is 1. The van der Waals surface area contributed by atoms with Crippen LogP contribution in [-0.4, -0.2) is 24.8 Å². The van der Waals surface area contributed by atoms with Gasteiger partial charge in [0.2, 0.25) is 0 Å². The first-order valence-electron chi connectivity index (χ1n) is 7.00. The number of methoxy groups -OCH3 is 1. The summed E-state index contributed by atoms with van der Waals surface area (Å²) in [6.45, 7) is 0.0441. The van der Waals surface area contributed by atoms with Crippen LogP contribution in [0.25, 0.3) is 0 Å². The second-order valence-corrected chi connectivity index (χ2v) is 4.78. The monoisotopic (exact) mass is 311 g/mol. The van der Waals surface area contributed by atoms with Gasteiger partial charge in [-0.2, -0.15) is 5.26 Å². The van der Waals surface area contributed by atoms with Gasteiger partial charge in [0.25, 0.3) is 0 Å². The Morgan fingerprint density at radius 3 is 2.61 bits per heavy atom. The molecular weight excluding hydrogens is 294 g/mol. The lowest BCUT2D eigenvalue weighted by atomic mass is 10.1. The van der Waals surface area contributed by atoms with Gasteiger partial charge in [0.15, 0.2) is 0 Å². The number of carbonyl (C=O) groups excluding carboxylic acids is 1. The lowest BCUT2D eigenvalue weighted by Gasteiger charge is -2.15. The van der Waals surface area contributed by atoms with Crippen molar-refractivity contribution in [3.8, 4) is 11.8 Å². The molecule has 118 valence electrons. The number of nitrogens with one attached hydrogen (secondary N) is 2. The first kappa shape index (κ1) is 16.3. The fraction of sp³-hybridized carbons (Fsp3) is 0.176. The smallest absolute Gasteiger partial charge is 0.319 e. The van der Waals surface area contributed by atoms with Gasteiger partial charge in [0.05, 0.1) is 24.8 Å². The topological polar surface area (TPSA) is 94.4 Å². The highest BCUT2D eigenvalue weighted by Gasteiger charge is 2.13. The molecule has 23 heavy (non-hydrogen) atoms. The summed E-state index contributed by atoms with van der Waals surface area (Å²) in [4.78, 5) is 11.8. The number of nitriles is 1. The molecule has 6 nitrogen and oxygen atoms in total. The van der Waals surface area contributed by atoms with Gasteiger partial charge in [-0.3, -0.25) is 0 Å². The van der Waals surface area contributed by atoms with E-state index in [0.717, 1.165) is 0 Å². The van der Waals surface area contributed by atoms with Crippen molar-refractivity contribution in [1.29, 1.82) is 5.26 Å². The number of para-hydroxylation sites is 1. The standard InChI is InChI=1S/C17H17N3O3/c1-23-16-5-3-2-4-14(16)15(21)11-19-17(22)20-13-8-6-12(10-18)7-9-13/h2-9,15,21H,11H2,1H3,(H2,19,20,22). The Labute approximate surface area is 134 Å². The Bertz CT molecular complexity index is 708. The van der Waals surface area contributed by atoms with Crippen molar-refractivity contribution in [2.24, 2.45) is 0 Å². The number of hydrogen-bond acceptors (Lipinski definition) is 4. The maximum Gasteiger partial charge on any atom is 0.319 e. The SMILES string of the molecule is COc1ccccc1C(O)CNC(=O)Nc1ccc(C#N)cc1. The number of benzene rings is 2. The van der Waals surface area contributed by atoms with Crippen molar-refractivity contribution in [3.63, 3.8) is 0 Å². The number of carbonyl (C=O) groups is 1. The van der Waals surface area contributed by atoms with Gasteiger partial charge in [-0.1, -0.05) is 18.2 Å².